The molecule has 0 saturated carbocycles. The van der Waals surface area contributed by atoms with Crippen molar-refractivity contribution in [3.8, 4) is 0 Å². The average molecular weight is 447 g/mol. The van der Waals surface area contributed by atoms with Crippen molar-refractivity contribution >= 4 is 29.3 Å². The number of methoxy groups -OCH3 is 1. The number of nitrogens with zero attached hydrogens (tertiary/aromatic N) is 2. The Bertz CT molecular complexity index is 961. The standard InChI is InChI=1S/C24H31ClN2O4/c1-7-27-17(5)21(16(4)22(27)24(30)31-6)20(28)14-26(13-12-15(2)3)23(29)18-8-10-19(25)11-9-18/h8-11,15H,7,12-14H2,1-6H3. The first kappa shape index (κ1) is 24.7. The van der Waals surface area contributed by atoms with E-state index in [-0.39, 0.29) is 18.2 Å². The van der Waals surface area contributed by atoms with E-state index in [1.165, 1.54) is 7.11 Å². The number of hydrogen-bond donors (Lipinski definition) is 0. The fourth-order valence-electron chi connectivity index (χ4n) is 3.75. The van der Waals surface area contributed by atoms with E-state index in [0.29, 0.717) is 52.1 Å². The topological polar surface area (TPSA) is 68.6 Å². The molecular formula is C24H31ClN2O4. The second-order valence-electron chi connectivity index (χ2n) is 8.01. The molecule has 168 valence electrons. The van der Waals surface area contributed by atoms with Gasteiger partial charge in [0.05, 0.1) is 13.7 Å². The van der Waals surface area contributed by atoms with Crippen molar-refractivity contribution in [1.29, 1.82) is 0 Å². The average Bonchev–Trinajstić information content (AvgIpc) is 2.99. The lowest BCUT2D eigenvalue weighted by atomic mass is 10.0. The van der Waals surface area contributed by atoms with E-state index in [4.69, 9.17) is 16.3 Å². The molecular weight excluding hydrogens is 416 g/mol. The smallest absolute Gasteiger partial charge is 0.354 e. The molecule has 0 fully saturated rings. The number of carbonyl (C=O) groups is 3. The van der Waals surface area contributed by atoms with Gasteiger partial charge in [-0.05, 0) is 62.9 Å². The summed E-state index contributed by atoms with van der Waals surface area (Å²) >= 11 is 5.95. The summed E-state index contributed by atoms with van der Waals surface area (Å²) in [6, 6.07) is 6.65. The number of rotatable bonds is 9. The third-order valence-electron chi connectivity index (χ3n) is 5.43. The van der Waals surface area contributed by atoms with Crippen LogP contribution in [0, 0.1) is 19.8 Å². The molecule has 2 aromatic rings. The Morgan fingerprint density at radius 1 is 1.13 bits per heavy atom. The molecule has 1 heterocycles. The molecule has 0 aliphatic carbocycles. The van der Waals surface area contributed by atoms with Crippen LogP contribution < -0.4 is 0 Å². The predicted molar refractivity (Wildman–Crippen MR) is 122 cm³/mol. The lowest BCUT2D eigenvalue weighted by molar-refractivity contribution is 0.0587. The molecule has 0 saturated heterocycles. The number of ether oxygens (including phenoxy) is 1. The molecule has 0 aliphatic rings. The Morgan fingerprint density at radius 2 is 1.74 bits per heavy atom. The third kappa shape index (κ3) is 5.56. The number of esters is 1. The normalized spacial score (nSPS) is 11.0. The highest BCUT2D eigenvalue weighted by Gasteiger charge is 2.28. The number of aromatic nitrogens is 1. The minimum atomic E-state index is -0.476. The molecule has 31 heavy (non-hydrogen) atoms. The molecule has 6 nitrogen and oxygen atoms in total. The Balaban J connectivity index is 2.39. The first-order valence-corrected chi connectivity index (χ1v) is 10.9. The molecule has 0 N–H and O–H groups in total. The number of carbonyl (C=O) groups excluding carboxylic acids is 3. The van der Waals surface area contributed by atoms with Crippen molar-refractivity contribution in [3.05, 3.63) is 57.4 Å². The van der Waals surface area contributed by atoms with Crippen molar-refractivity contribution in [2.75, 3.05) is 20.2 Å². The van der Waals surface area contributed by atoms with Crippen molar-refractivity contribution in [2.24, 2.45) is 5.92 Å². The molecule has 0 unspecified atom stereocenters. The predicted octanol–water partition coefficient (Wildman–Crippen LogP) is 4.94. The van der Waals surface area contributed by atoms with Crippen LogP contribution in [0.1, 0.15) is 69.7 Å². The highest BCUT2D eigenvalue weighted by molar-refractivity contribution is 6.30. The monoisotopic (exact) mass is 446 g/mol. The second-order valence-corrected chi connectivity index (χ2v) is 8.45. The minimum absolute atomic E-state index is 0.0653. The molecule has 2 rings (SSSR count). The highest BCUT2D eigenvalue weighted by Crippen LogP contribution is 2.24. The van der Waals surface area contributed by atoms with E-state index >= 15 is 0 Å². The third-order valence-corrected chi connectivity index (χ3v) is 5.68. The van der Waals surface area contributed by atoms with Gasteiger partial charge in [0.25, 0.3) is 5.91 Å². The summed E-state index contributed by atoms with van der Waals surface area (Å²) < 4.78 is 6.70. The number of benzene rings is 1. The summed E-state index contributed by atoms with van der Waals surface area (Å²) in [4.78, 5) is 40.4. The summed E-state index contributed by atoms with van der Waals surface area (Å²) in [6.45, 7) is 10.5. The van der Waals surface area contributed by atoms with Gasteiger partial charge < -0.3 is 14.2 Å². The van der Waals surface area contributed by atoms with Crippen LogP contribution in [0.25, 0.3) is 0 Å². The van der Waals surface area contributed by atoms with Gasteiger partial charge in [0.2, 0.25) is 0 Å². The molecule has 0 atom stereocenters. The summed E-state index contributed by atoms with van der Waals surface area (Å²) in [5.74, 6) is -0.510. The Labute approximate surface area is 189 Å². The van der Waals surface area contributed by atoms with E-state index in [1.807, 2.05) is 13.8 Å². The molecule has 7 heteroatoms. The van der Waals surface area contributed by atoms with Gasteiger partial charge in [-0.3, -0.25) is 9.59 Å². The van der Waals surface area contributed by atoms with Gasteiger partial charge in [0, 0.05) is 34.9 Å². The Morgan fingerprint density at radius 3 is 2.26 bits per heavy atom. The fourth-order valence-corrected chi connectivity index (χ4v) is 3.88. The SMILES string of the molecule is CCn1c(C)c(C(=O)CN(CCC(C)C)C(=O)c2ccc(Cl)cc2)c(C)c1C(=O)OC. The van der Waals surface area contributed by atoms with Gasteiger partial charge >= 0.3 is 5.97 Å². The zero-order valence-electron chi connectivity index (χ0n) is 19.1. The van der Waals surface area contributed by atoms with Crippen molar-refractivity contribution in [2.45, 2.75) is 47.6 Å². The first-order chi connectivity index (χ1) is 14.6. The maximum atomic E-state index is 13.3. The van der Waals surface area contributed by atoms with Crippen LogP contribution in [0.15, 0.2) is 24.3 Å². The highest BCUT2D eigenvalue weighted by atomic mass is 35.5. The summed E-state index contributed by atoms with van der Waals surface area (Å²) in [5, 5.41) is 0.545. The molecule has 0 spiro atoms. The summed E-state index contributed by atoms with van der Waals surface area (Å²) in [6.07, 6.45) is 0.772. The number of halogens is 1. The minimum Gasteiger partial charge on any atom is -0.464 e. The van der Waals surface area contributed by atoms with Crippen LogP contribution in [0.5, 0.6) is 0 Å². The number of hydrogen-bond acceptors (Lipinski definition) is 4. The summed E-state index contributed by atoms with van der Waals surface area (Å²) in [7, 11) is 1.32. The fraction of sp³-hybridized carbons (Fsp3) is 0.458. The van der Waals surface area contributed by atoms with E-state index in [2.05, 4.69) is 13.8 Å². The Kier molecular flexibility index (Phi) is 8.45. The quantitative estimate of drug-likeness (QED) is 0.404. The molecule has 0 aliphatic heterocycles. The van der Waals surface area contributed by atoms with Crippen LogP contribution in [0.4, 0.5) is 0 Å². The van der Waals surface area contributed by atoms with E-state index in [0.717, 1.165) is 6.42 Å². The van der Waals surface area contributed by atoms with Gasteiger partial charge in [-0.15, -0.1) is 0 Å². The molecule has 0 radical (unpaired) electrons. The van der Waals surface area contributed by atoms with E-state index < -0.39 is 5.97 Å². The van der Waals surface area contributed by atoms with Crippen molar-refractivity contribution in [1.82, 2.24) is 9.47 Å². The Hall–Kier alpha value is -2.60. The van der Waals surface area contributed by atoms with Crippen LogP contribution in [0.2, 0.25) is 5.02 Å². The van der Waals surface area contributed by atoms with Gasteiger partial charge in [-0.2, -0.15) is 0 Å². The number of Topliss-reactive ketones (excluding diaryl/α,β-unsaturated/α-hetero) is 1. The lowest BCUT2D eigenvalue weighted by Crippen LogP contribution is -2.37. The zero-order valence-corrected chi connectivity index (χ0v) is 19.9. The first-order valence-electron chi connectivity index (χ1n) is 10.5. The molecule has 1 amide bonds. The number of amides is 1. The number of ketones is 1. The van der Waals surface area contributed by atoms with Crippen molar-refractivity contribution in [3.63, 3.8) is 0 Å². The molecule has 0 bridgehead atoms. The van der Waals surface area contributed by atoms with Crippen LogP contribution >= 0.6 is 11.6 Å². The molecule has 1 aromatic heterocycles. The van der Waals surface area contributed by atoms with E-state index in [9.17, 15) is 14.4 Å². The molecule has 1 aromatic carbocycles. The van der Waals surface area contributed by atoms with Gasteiger partial charge in [-0.1, -0.05) is 25.4 Å². The van der Waals surface area contributed by atoms with Crippen molar-refractivity contribution < 1.29 is 19.1 Å². The lowest BCUT2D eigenvalue weighted by Gasteiger charge is -2.23. The summed E-state index contributed by atoms with van der Waals surface area (Å²) in [5.41, 5.74) is 2.62. The van der Waals surface area contributed by atoms with Crippen LogP contribution in [-0.4, -0.2) is 47.3 Å². The maximum Gasteiger partial charge on any atom is 0.354 e. The van der Waals surface area contributed by atoms with E-state index in [1.54, 1.807) is 40.7 Å². The maximum absolute atomic E-state index is 13.3. The van der Waals surface area contributed by atoms with Gasteiger partial charge in [0.15, 0.2) is 5.78 Å². The van der Waals surface area contributed by atoms with Crippen LogP contribution in [-0.2, 0) is 11.3 Å². The van der Waals surface area contributed by atoms with Crippen LogP contribution in [0.3, 0.4) is 0 Å². The van der Waals surface area contributed by atoms with Gasteiger partial charge in [0.1, 0.15) is 5.69 Å². The largest absolute Gasteiger partial charge is 0.464 e. The second kappa shape index (κ2) is 10.6. The van der Waals surface area contributed by atoms with Gasteiger partial charge in [-0.25, -0.2) is 4.79 Å². The zero-order chi connectivity index (χ0) is 23.3.